The van der Waals surface area contributed by atoms with Crippen molar-refractivity contribution in [3.05, 3.63) is 11.3 Å². The van der Waals surface area contributed by atoms with Crippen molar-refractivity contribution in [2.24, 2.45) is 0 Å². The van der Waals surface area contributed by atoms with Crippen LogP contribution in [0.4, 0.5) is 0 Å². The van der Waals surface area contributed by atoms with Crippen molar-refractivity contribution in [2.75, 3.05) is 0 Å². The van der Waals surface area contributed by atoms with E-state index in [1.165, 1.54) is 0 Å². The summed E-state index contributed by atoms with van der Waals surface area (Å²) in [6.07, 6.45) is 3.76. The Labute approximate surface area is 66.2 Å². The Balaban J connectivity index is 2.25. The summed E-state index contributed by atoms with van der Waals surface area (Å²) in [5.74, 6) is 1.30. The van der Waals surface area contributed by atoms with E-state index in [0.29, 0.717) is 5.78 Å². The van der Waals surface area contributed by atoms with Gasteiger partial charge in [0.05, 0.1) is 6.10 Å². The Morgan fingerprint density at radius 1 is 1.45 bits per heavy atom. The van der Waals surface area contributed by atoms with Crippen LogP contribution in [0.1, 0.15) is 32.6 Å². The summed E-state index contributed by atoms with van der Waals surface area (Å²) < 4.78 is 5.49. The molecule has 0 saturated heterocycles. The van der Waals surface area contributed by atoms with E-state index in [0.717, 1.165) is 37.0 Å². The Bertz CT molecular complexity index is 228. The number of Topliss-reactive ketones (excluding diaryl/α,β-unsaturated/α-hetero) is 1. The molecule has 2 rings (SSSR count). The second kappa shape index (κ2) is 2.36. The number of carbonyl (C=O) groups is 1. The molecule has 0 fully saturated rings. The number of allylic oxidation sites excluding steroid dienone is 1. The van der Waals surface area contributed by atoms with Crippen LogP contribution < -0.4 is 0 Å². The molecule has 0 aromatic heterocycles. The Morgan fingerprint density at radius 3 is 3.00 bits per heavy atom. The summed E-state index contributed by atoms with van der Waals surface area (Å²) in [7, 11) is 0. The summed E-state index contributed by atoms with van der Waals surface area (Å²) in [6.45, 7) is 2.02. The van der Waals surface area contributed by atoms with Crippen LogP contribution in [-0.2, 0) is 9.53 Å². The lowest BCUT2D eigenvalue weighted by Crippen LogP contribution is -2.07. The first-order valence-electron chi connectivity index (χ1n) is 4.19. The number of ketones is 1. The van der Waals surface area contributed by atoms with Gasteiger partial charge in [-0.1, -0.05) is 0 Å². The highest BCUT2D eigenvalue weighted by atomic mass is 16.5. The molecular weight excluding hydrogens is 140 g/mol. The van der Waals surface area contributed by atoms with Gasteiger partial charge < -0.3 is 4.74 Å². The van der Waals surface area contributed by atoms with Gasteiger partial charge in [0.2, 0.25) is 0 Å². The quantitative estimate of drug-likeness (QED) is 0.529. The molecule has 11 heavy (non-hydrogen) atoms. The van der Waals surface area contributed by atoms with Crippen molar-refractivity contribution >= 4 is 5.78 Å². The van der Waals surface area contributed by atoms with E-state index in [2.05, 4.69) is 0 Å². The van der Waals surface area contributed by atoms with Gasteiger partial charge in [-0.15, -0.1) is 0 Å². The van der Waals surface area contributed by atoms with Gasteiger partial charge in [-0.3, -0.25) is 4.79 Å². The molecule has 60 valence electrons. The molecule has 0 saturated carbocycles. The SMILES string of the molecule is CC1CC2=C(CCCC2=O)O1. The first kappa shape index (κ1) is 6.89. The lowest BCUT2D eigenvalue weighted by Gasteiger charge is -2.11. The molecule has 2 nitrogen and oxygen atoms in total. The maximum atomic E-state index is 11.3. The minimum absolute atomic E-state index is 0.238. The molecule has 2 heteroatoms. The fourth-order valence-corrected chi connectivity index (χ4v) is 1.80. The molecule has 0 N–H and O–H groups in total. The highest BCUT2D eigenvalue weighted by Gasteiger charge is 2.29. The fourth-order valence-electron chi connectivity index (χ4n) is 1.80. The average Bonchev–Trinajstić information content (AvgIpc) is 2.31. The molecule has 0 spiro atoms. The predicted molar refractivity (Wildman–Crippen MR) is 41.0 cm³/mol. The fraction of sp³-hybridized carbons (Fsp3) is 0.667. The van der Waals surface area contributed by atoms with Crippen LogP contribution in [0.5, 0.6) is 0 Å². The van der Waals surface area contributed by atoms with Crippen molar-refractivity contribution in [1.29, 1.82) is 0 Å². The second-order valence-electron chi connectivity index (χ2n) is 3.31. The smallest absolute Gasteiger partial charge is 0.162 e. The summed E-state index contributed by atoms with van der Waals surface area (Å²) in [5.41, 5.74) is 0.976. The third-order valence-electron chi connectivity index (χ3n) is 2.32. The van der Waals surface area contributed by atoms with Crippen molar-refractivity contribution in [3.63, 3.8) is 0 Å². The molecule has 1 atom stereocenters. The summed E-state index contributed by atoms with van der Waals surface area (Å²) in [6, 6.07) is 0. The molecular formula is C9H12O2. The highest BCUT2D eigenvalue weighted by Crippen LogP contribution is 2.33. The molecule has 1 unspecified atom stereocenters. The van der Waals surface area contributed by atoms with E-state index < -0.39 is 0 Å². The van der Waals surface area contributed by atoms with Gasteiger partial charge in [0.1, 0.15) is 5.76 Å². The molecule has 0 aromatic carbocycles. The Morgan fingerprint density at radius 2 is 2.27 bits per heavy atom. The van der Waals surface area contributed by atoms with Crippen molar-refractivity contribution in [2.45, 2.75) is 38.7 Å². The van der Waals surface area contributed by atoms with Crippen LogP contribution in [0.15, 0.2) is 11.3 Å². The molecule has 0 amide bonds. The van der Waals surface area contributed by atoms with Crippen LogP contribution in [0.3, 0.4) is 0 Å². The maximum Gasteiger partial charge on any atom is 0.162 e. The lowest BCUT2D eigenvalue weighted by molar-refractivity contribution is -0.116. The minimum atomic E-state index is 0.238. The van der Waals surface area contributed by atoms with Crippen LogP contribution in [0.2, 0.25) is 0 Å². The standard InChI is InChI=1S/C9H12O2/c1-6-5-7-8(10)3-2-4-9(7)11-6/h6H,2-5H2,1H3. The van der Waals surface area contributed by atoms with Gasteiger partial charge in [0, 0.05) is 24.8 Å². The molecule has 1 aliphatic heterocycles. The topological polar surface area (TPSA) is 26.3 Å². The van der Waals surface area contributed by atoms with Gasteiger partial charge in [-0.2, -0.15) is 0 Å². The van der Waals surface area contributed by atoms with Gasteiger partial charge >= 0.3 is 0 Å². The van der Waals surface area contributed by atoms with Crippen molar-refractivity contribution in [1.82, 2.24) is 0 Å². The Kier molecular flexibility index (Phi) is 1.48. The third-order valence-corrected chi connectivity index (χ3v) is 2.32. The summed E-state index contributed by atoms with van der Waals surface area (Å²) in [4.78, 5) is 11.3. The number of carbonyl (C=O) groups excluding carboxylic acids is 1. The average molecular weight is 152 g/mol. The Hall–Kier alpha value is -0.790. The number of hydrogen-bond acceptors (Lipinski definition) is 2. The minimum Gasteiger partial charge on any atom is -0.494 e. The normalized spacial score (nSPS) is 30.3. The highest BCUT2D eigenvalue weighted by molar-refractivity contribution is 5.97. The monoisotopic (exact) mass is 152 g/mol. The second-order valence-corrected chi connectivity index (χ2v) is 3.31. The molecule has 1 heterocycles. The number of ether oxygens (including phenoxy) is 1. The lowest BCUT2D eigenvalue weighted by atomic mass is 9.95. The van der Waals surface area contributed by atoms with Gasteiger partial charge in [0.25, 0.3) is 0 Å². The predicted octanol–water partition coefficient (Wildman–Crippen LogP) is 1.80. The van der Waals surface area contributed by atoms with E-state index in [1.54, 1.807) is 0 Å². The van der Waals surface area contributed by atoms with E-state index in [-0.39, 0.29) is 6.10 Å². The largest absolute Gasteiger partial charge is 0.494 e. The summed E-state index contributed by atoms with van der Waals surface area (Å²) >= 11 is 0. The van der Waals surface area contributed by atoms with E-state index >= 15 is 0 Å². The van der Waals surface area contributed by atoms with Gasteiger partial charge in [-0.25, -0.2) is 0 Å². The van der Waals surface area contributed by atoms with Gasteiger partial charge in [-0.05, 0) is 13.3 Å². The van der Waals surface area contributed by atoms with Crippen LogP contribution in [-0.4, -0.2) is 11.9 Å². The third kappa shape index (κ3) is 1.06. The molecule has 1 aliphatic carbocycles. The molecule has 0 aromatic rings. The van der Waals surface area contributed by atoms with Crippen molar-refractivity contribution in [3.8, 4) is 0 Å². The number of rotatable bonds is 0. The zero-order valence-electron chi connectivity index (χ0n) is 6.72. The van der Waals surface area contributed by atoms with Crippen molar-refractivity contribution < 1.29 is 9.53 Å². The van der Waals surface area contributed by atoms with E-state index in [9.17, 15) is 4.79 Å². The van der Waals surface area contributed by atoms with Crippen LogP contribution in [0, 0.1) is 0 Å². The van der Waals surface area contributed by atoms with E-state index in [1.807, 2.05) is 6.92 Å². The van der Waals surface area contributed by atoms with Crippen LogP contribution in [0.25, 0.3) is 0 Å². The number of hydrogen-bond donors (Lipinski definition) is 0. The molecule has 2 aliphatic rings. The van der Waals surface area contributed by atoms with E-state index in [4.69, 9.17) is 4.74 Å². The first-order chi connectivity index (χ1) is 5.27. The first-order valence-corrected chi connectivity index (χ1v) is 4.19. The van der Waals surface area contributed by atoms with Gasteiger partial charge in [0.15, 0.2) is 5.78 Å². The summed E-state index contributed by atoms with van der Waals surface area (Å²) in [5, 5.41) is 0. The molecule has 0 bridgehead atoms. The molecule has 0 radical (unpaired) electrons. The van der Waals surface area contributed by atoms with Crippen LogP contribution >= 0.6 is 0 Å². The zero-order valence-corrected chi connectivity index (χ0v) is 6.72. The maximum absolute atomic E-state index is 11.3. The zero-order chi connectivity index (χ0) is 7.84.